The van der Waals surface area contributed by atoms with Crippen LogP contribution in [0.25, 0.3) is 11.5 Å². The largest absolute Gasteiger partial charge is 0.479 e. The Kier molecular flexibility index (Phi) is 1.33. The van der Waals surface area contributed by atoms with Gasteiger partial charge in [-0.3, -0.25) is 0 Å². The van der Waals surface area contributed by atoms with Crippen LogP contribution in [-0.2, 0) is 0 Å². The second-order valence-electron chi connectivity index (χ2n) is 2.21. The summed E-state index contributed by atoms with van der Waals surface area (Å²) in [6.45, 7) is 0. The maximum absolute atomic E-state index is 5.52. The molecule has 2 rings (SSSR count). The summed E-state index contributed by atoms with van der Waals surface area (Å²) in [5.41, 5.74) is 0.572. The lowest BCUT2D eigenvalue weighted by molar-refractivity contribution is 0.396. The highest BCUT2D eigenvalue weighted by Crippen LogP contribution is 2.23. The first-order chi connectivity index (χ1) is 5.83. The number of hydrogen-bond acceptors (Lipinski definition) is 5. The van der Waals surface area contributed by atoms with Gasteiger partial charge in [-0.05, 0) is 0 Å². The van der Waals surface area contributed by atoms with Crippen LogP contribution in [0.2, 0.25) is 0 Å². The molecule has 0 radical (unpaired) electrons. The summed E-state index contributed by atoms with van der Waals surface area (Å²) in [6, 6.07) is 0. The molecule has 0 aliphatic carbocycles. The molecule has 2 aliphatic heterocycles. The van der Waals surface area contributed by atoms with Gasteiger partial charge in [0.2, 0.25) is 5.88 Å². The van der Waals surface area contributed by atoms with Crippen molar-refractivity contribution in [2.45, 2.75) is 0 Å². The molecule has 6 heteroatoms. The van der Waals surface area contributed by atoms with Gasteiger partial charge in [0.1, 0.15) is 12.7 Å². The van der Waals surface area contributed by atoms with Crippen LogP contribution in [0, 0.1) is 0 Å². The van der Waals surface area contributed by atoms with Crippen molar-refractivity contribution in [3.8, 4) is 17.4 Å². The van der Waals surface area contributed by atoms with Crippen LogP contribution in [0.4, 0.5) is 0 Å². The van der Waals surface area contributed by atoms with Crippen LogP contribution < -0.4 is 10.6 Å². The smallest absolute Gasteiger partial charge is 0.245 e. The van der Waals surface area contributed by atoms with Crippen molar-refractivity contribution in [2.24, 2.45) is 0 Å². The number of nitrogen functional groups attached to an aromatic ring is 1. The minimum absolute atomic E-state index is 0.434. The fraction of sp³-hybridized carbons (Fsp3) is 0.167. The third kappa shape index (κ3) is 0.777. The van der Waals surface area contributed by atoms with Crippen molar-refractivity contribution in [2.75, 3.05) is 13.0 Å². The van der Waals surface area contributed by atoms with E-state index < -0.39 is 0 Å². The molecule has 0 amide bonds. The number of hydrogen-bond donors (Lipinski definition) is 1. The topological polar surface area (TPSA) is 78.9 Å². The monoisotopic (exact) mass is 165 g/mol. The Morgan fingerprint density at radius 3 is 3.00 bits per heavy atom. The predicted molar refractivity (Wildman–Crippen MR) is 41.1 cm³/mol. The van der Waals surface area contributed by atoms with E-state index in [9.17, 15) is 0 Å². The third-order valence-corrected chi connectivity index (χ3v) is 1.52. The fourth-order valence-electron chi connectivity index (χ4n) is 0.980. The van der Waals surface area contributed by atoms with Crippen LogP contribution in [-0.4, -0.2) is 26.7 Å². The fourth-order valence-corrected chi connectivity index (χ4v) is 0.980. The first kappa shape index (κ1) is 6.84. The molecule has 0 aromatic heterocycles. The number of methoxy groups -OCH3 is 1. The van der Waals surface area contributed by atoms with Crippen LogP contribution in [0.1, 0.15) is 0 Å². The van der Waals surface area contributed by atoms with Gasteiger partial charge in [-0.15, -0.1) is 0 Å². The Morgan fingerprint density at radius 2 is 2.25 bits per heavy atom. The molecule has 0 saturated carbocycles. The Morgan fingerprint density at radius 1 is 1.42 bits per heavy atom. The van der Waals surface area contributed by atoms with Gasteiger partial charge in [-0.25, -0.2) is 14.6 Å². The molecule has 0 unspecified atom stereocenters. The first-order valence-corrected chi connectivity index (χ1v) is 3.30. The summed E-state index contributed by atoms with van der Waals surface area (Å²) in [7, 11) is 1.53. The summed E-state index contributed by atoms with van der Waals surface area (Å²) < 4.78 is 6.25. The van der Waals surface area contributed by atoms with E-state index in [-0.39, 0.29) is 0 Å². The zero-order valence-corrected chi connectivity index (χ0v) is 6.43. The zero-order chi connectivity index (χ0) is 8.55. The molecule has 0 aromatic rings. The van der Waals surface area contributed by atoms with E-state index in [4.69, 9.17) is 10.6 Å². The lowest BCUT2D eigenvalue weighted by Gasteiger charge is -2.06. The first-order valence-electron chi connectivity index (χ1n) is 3.30. The number of nitrogens with zero attached hydrogens (tertiary/aromatic N) is 4. The minimum Gasteiger partial charge on any atom is -0.479 e. The average molecular weight is 165 g/mol. The standard InChI is InChI=1S/C6H7N5O/c1-12-6-4-5(9-2-8-4)11(7)3-10-6/h2-3H,7H2,1H3. The average Bonchev–Trinajstić information content (AvgIpc) is 2.54. The summed E-state index contributed by atoms with van der Waals surface area (Å²) in [4.78, 5) is 11.8. The van der Waals surface area contributed by atoms with Gasteiger partial charge < -0.3 is 10.6 Å². The maximum atomic E-state index is 5.52. The second kappa shape index (κ2) is 2.33. The van der Waals surface area contributed by atoms with Crippen molar-refractivity contribution in [1.82, 2.24) is 19.6 Å². The molecule has 12 heavy (non-hydrogen) atoms. The van der Waals surface area contributed by atoms with Crippen molar-refractivity contribution in [3.05, 3.63) is 12.7 Å². The Bertz CT molecular complexity index is 370. The molecule has 6 nitrogen and oxygen atoms in total. The minimum atomic E-state index is 0.434. The highest BCUT2D eigenvalue weighted by molar-refractivity contribution is 5.57. The molecule has 0 fully saturated rings. The van der Waals surface area contributed by atoms with Gasteiger partial charge in [0.15, 0.2) is 11.5 Å². The van der Waals surface area contributed by atoms with Gasteiger partial charge >= 0.3 is 0 Å². The quantitative estimate of drug-likeness (QED) is 0.576. The Hall–Kier alpha value is -1.85. The van der Waals surface area contributed by atoms with Crippen LogP contribution in [0.5, 0.6) is 5.88 Å². The molecule has 2 heterocycles. The van der Waals surface area contributed by atoms with E-state index >= 15 is 0 Å². The molecule has 0 spiro atoms. The Balaban J connectivity index is 2.71. The normalized spacial score (nSPS) is 10.4. The number of ether oxygens (including phenoxy) is 1. The summed E-state index contributed by atoms with van der Waals surface area (Å²) in [6.07, 6.45) is 2.84. The SMILES string of the molecule is COc1ncn(N)c2ncnc1-2. The van der Waals surface area contributed by atoms with E-state index in [1.165, 1.54) is 24.4 Å². The number of rotatable bonds is 1. The lowest BCUT2D eigenvalue weighted by Crippen LogP contribution is -2.14. The molecular weight excluding hydrogens is 158 g/mol. The van der Waals surface area contributed by atoms with E-state index in [1.807, 2.05) is 0 Å². The molecule has 62 valence electrons. The van der Waals surface area contributed by atoms with Gasteiger partial charge in [0.05, 0.1) is 7.11 Å². The van der Waals surface area contributed by atoms with Crippen molar-refractivity contribution >= 4 is 0 Å². The summed E-state index contributed by atoms with van der Waals surface area (Å²) >= 11 is 0. The van der Waals surface area contributed by atoms with E-state index in [0.717, 1.165) is 0 Å². The van der Waals surface area contributed by atoms with Crippen molar-refractivity contribution in [3.63, 3.8) is 0 Å². The lowest BCUT2D eigenvalue weighted by atomic mass is 10.4. The van der Waals surface area contributed by atoms with Crippen molar-refractivity contribution < 1.29 is 4.74 Å². The number of fused-ring (bicyclic) bond motifs is 1. The predicted octanol–water partition coefficient (Wildman–Crippen LogP) is -0.500. The number of imidazole rings is 1. The molecule has 2 N–H and O–H groups in total. The van der Waals surface area contributed by atoms with Gasteiger partial charge in [0, 0.05) is 0 Å². The molecule has 2 aliphatic rings. The molecule has 0 atom stereocenters. The van der Waals surface area contributed by atoms with Gasteiger partial charge in [0.25, 0.3) is 0 Å². The van der Waals surface area contributed by atoms with Crippen molar-refractivity contribution in [1.29, 1.82) is 0 Å². The van der Waals surface area contributed by atoms with E-state index in [1.54, 1.807) is 0 Å². The van der Waals surface area contributed by atoms with Crippen LogP contribution in [0.3, 0.4) is 0 Å². The molecule has 0 aromatic carbocycles. The highest BCUT2D eigenvalue weighted by Gasteiger charge is 2.15. The second-order valence-corrected chi connectivity index (χ2v) is 2.21. The summed E-state index contributed by atoms with van der Waals surface area (Å²) in [5.74, 6) is 6.51. The van der Waals surface area contributed by atoms with Gasteiger partial charge in [-0.1, -0.05) is 0 Å². The number of aromatic nitrogens is 4. The molecule has 0 bridgehead atoms. The zero-order valence-electron chi connectivity index (χ0n) is 6.43. The Labute approximate surface area is 68.3 Å². The maximum Gasteiger partial charge on any atom is 0.245 e. The van der Waals surface area contributed by atoms with Gasteiger partial charge in [-0.2, -0.15) is 4.98 Å². The molecule has 0 saturated heterocycles. The third-order valence-electron chi connectivity index (χ3n) is 1.52. The molecular formula is C6H7N5O. The highest BCUT2D eigenvalue weighted by atomic mass is 16.5. The van der Waals surface area contributed by atoms with Crippen LogP contribution in [0.15, 0.2) is 12.7 Å². The van der Waals surface area contributed by atoms with E-state index in [2.05, 4.69) is 15.0 Å². The summed E-state index contributed by atoms with van der Waals surface area (Å²) in [5, 5.41) is 0. The number of nitrogens with two attached hydrogens (primary N) is 1. The van der Waals surface area contributed by atoms with E-state index in [0.29, 0.717) is 17.4 Å². The van der Waals surface area contributed by atoms with Crippen LogP contribution >= 0.6 is 0 Å².